The number of halogens is 6. The number of nitrogens with one attached hydrogen (secondary N) is 1. The van der Waals surface area contributed by atoms with Gasteiger partial charge in [-0.1, -0.05) is 32.0 Å². The summed E-state index contributed by atoms with van der Waals surface area (Å²) in [5.41, 5.74) is -7.44. The molecule has 2 aromatic rings. The highest BCUT2D eigenvalue weighted by Crippen LogP contribution is 2.50. The normalized spacial score (nSPS) is 18.4. The number of methoxy groups -OCH3 is 1. The Bertz CT molecular complexity index is 1650. The Hall–Kier alpha value is -2.99. The van der Waals surface area contributed by atoms with Crippen molar-refractivity contribution < 1.29 is 59.0 Å². The van der Waals surface area contributed by atoms with Crippen LogP contribution < -0.4 is 5.32 Å². The zero-order valence-electron chi connectivity index (χ0n) is 26.9. The van der Waals surface area contributed by atoms with Crippen molar-refractivity contribution in [1.29, 1.82) is 0 Å². The molecule has 1 aliphatic carbocycles. The van der Waals surface area contributed by atoms with E-state index in [1.165, 1.54) is 30.2 Å². The largest absolute Gasteiger partial charge is 0.432 e. The van der Waals surface area contributed by atoms with Crippen molar-refractivity contribution in [2.75, 3.05) is 18.2 Å². The summed E-state index contributed by atoms with van der Waals surface area (Å²) in [5, 5.41) is 11.6. The number of alkyl halides is 6. The lowest BCUT2D eigenvalue weighted by molar-refractivity contribution is -0.376. The van der Waals surface area contributed by atoms with Crippen molar-refractivity contribution in [3.05, 3.63) is 59.2 Å². The van der Waals surface area contributed by atoms with Gasteiger partial charge >= 0.3 is 12.4 Å². The number of sulfone groups is 1. The number of carbonyl (C=O) groups excluding carboxylic acids is 2. The fourth-order valence-electron chi connectivity index (χ4n) is 5.60. The molecule has 1 aliphatic heterocycles. The zero-order chi connectivity index (χ0) is 36.3. The number of aliphatic hydroxyl groups is 1. The summed E-state index contributed by atoms with van der Waals surface area (Å²) in [7, 11) is -5.04. The maximum Gasteiger partial charge on any atom is 0.430 e. The van der Waals surface area contributed by atoms with Crippen LogP contribution >= 0.6 is 0 Å². The summed E-state index contributed by atoms with van der Waals surface area (Å²) in [6, 6.07) is 5.03. The monoisotopic (exact) mass is 724 g/mol. The number of carbonyl (C=O) groups is 2. The molecule has 2 aliphatic rings. The van der Waals surface area contributed by atoms with Crippen molar-refractivity contribution in [3.63, 3.8) is 0 Å². The van der Waals surface area contributed by atoms with Crippen LogP contribution in [-0.4, -0.2) is 74.2 Å². The highest BCUT2D eigenvalue weighted by Gasteiger charge is 2.71. The summed E-state index contributed by atoms with van der Waals surface area (Å²) in [5.74, 6) is -1.61. The van der Waals surface area contributed by atoms with Crippen molar-refractivity contribution in [3.8, 4) is 0 Å². The fraction of sp³-hybridized carbons (Fsp3) is 0.548. The minimum absolute atomic E-state index is 0.0294. The molecule has 3 N–H and O–H groups in total. The van der Waals surface area contributed by atoms with Crippen LogP contribution in [0.1, 0.15) is 62.3 Å². The molecule has 1 heterocycles. The van der Waals surface area contributed by atoms with Gasteiger partial charge in [0.2, 0.25) is 0 Å². The van der Waals surface area contributed by atoms with Gasteiger partial charge in [0, 0.05) is 24.9 Å². The molecular weight excluding hydrogens is 686 g/mol. The van der Waals surface area contributed by atoms with Crippen LogP contribution in [0.4, 0.5) is 32.0 Å². The van der Waals surface area contributed by atoms with Gasteiger partial charge in [0.25, 0.3) is 17.4 Å². The average molecular weight is 725 g/mol. The van der Waals surface area contributed by atoms with Gasteiger partial charge < -0.3 is 24.9 Å². The third-order valence-corrected chi connectivity index (χ3v) is 15.0. The molecule has 4 rings (SSSR count). The van der Waals surface area contributed by atoms with Crippen LogP contribution in [-0.2, 0) is 36.3 Å². The quantitative estimate of drug-likeness (QED) is 0.199. The molecule has 1 atom stereocenters. The van der Waals surface area contributed by atoms with E-state index in [9.17, 15) is 54.3 Å². The second-order valence-electron chi connectivity index (χ2n) is 13.5. The van der Waals surface area contributed by atoms with E-state index in [4.69, 9.17) is 4.74 Å². The first-order valence-corrected chi connectivity index (χ1v) is 19.6. The Morgan fingerprint density at radius 3 is 2.06 bits per heavy atom. The highest BCUT2D eigenvalue weighted by molar-refractivity contribution is 7.91. The highest BCUT2D eigenvalue weighted by atomic mass is 32.2. The molecular formula is C31H38F6N2O7SSi. The Balaban J connectivity index is 1.61. The second kappa shape index (κ2) is 12.4. The summed E-state index contributed by atoms with van der Waals surface area (Å²) in [6.07, 6.45) is -10.7. The van der Waals surface area contributed by atoms with E-state index in [1.807, 2.05) is 13.8 Å². The predicted octanol–water partition coefficient (Wildman–Crippen LogP) is 5.73. The van der Waals surface area contributed by atoms with Gasteiger partial charge in [0.15, 0.2) is 18.2 Å². The Labute approximate surface area is 275 Å². The number of hydrogen-bond acceptors (Lipinski definition) is 7. The first kappa shape index (κ1) is 37.8. The van der Waals surface area contributed by atoms with Crippen LogP contribution in [0.15, 0.2) is 47.4 Å². The van der Waals surface area contributed by atoms with Crippen molar-refractivity contribution in [2.45, 2.75) is 98.7 Å². The number of rotatable bonds is 11. The molecule has 0 aromatic heterocycles. The zero-order valence-corrected chi connectivity index (χ0v) is 28.7. The van der Waals surface area contributed by atoms with E-state index in [-0.39, 0.29) is 34.9 Å². The Morgan fingerprint density at radius 2 is 1.58 bits per heavy atom. The van der Waals surface area contributed by atoms with Gasteiger partial charge in [-0.15, -0.1) is 0 Å². The Morgan fingerprint density at radius 1 is 1.02 bits per heavy atom. The van der Waals surface area contributed by atoms with E-state index >= 15 is 0 Å². The van der Waals surface area contributed by atoms with E-state index in [0.717, 1.165) is 12.1 Å². The number of fused-ring (bicyclic) bond motifs is 1. The minimum atomic E-state index is -6.09. The SMILES string of the molecule is COC1(C(=O)N2Cc3cc(S(=O)(=O)CCCC(C)(C)[Si](C)(C)O)ccc3C2C(=O)Nc2ccc(C(O)(C(F)(F)F)C(F)(F)F)cc2)CC1. The average Bonchev–Trinajstić information content (AvgIpc) is 3.67. The van der Waals surface area contributed by atoms with Crippen LogP contribution in [0, 0.1) is 0 Å². The van der Waals surface area contributed by atoms with Gasteiger partial charge in [-0.25, -0.2) is 8.42 Å². The van der Waals surface area contributed by atoms with E-state index in [2.05, 4.69) is 5.32 Å². The first-order chi connectivity index (χ1) is 21.8. The lowest BCUT2D eigenvalue weighted by Crippen LogP contribution is -2.53. The molecule has 1 unspecified atom stereocenters. The molecule has 0 bridgehead atoms. The topological polar surface area (TPSA) is 133 Å². The number of ether oxygens (including phenoxy) is 1. The molecule has 17 heteroatoms. The van der Waals surface area contributed by atoms with E-state index in [1.54, 1.807) is 13.1 Å². The van der Waals surface area contributed by atoms with Gasteiger partial charge in [0.1, 0.15) is 11.6 Å². The molecule has 2 aromatic carbocycles. The van der Waals surface area contributed by atoms with Crippen LogP contribution in [0.25, 0.3) is 0 Å². The molecule has 0 spiro atoms. The molecule has 0 saturated heterocycles. The maximum absolute atomic E-state index is 13.6. The molecule has 9 nitrogen and oxygen atoms in total. The van der Waals surface area contributed by atoms with Gasteiger partial charge in [-0.2, -0.15) is 26.3 Å². The lowest BCUT2D eigenvalue weighted by Gasteiger charge is -2.35. The second-order valence-corrected chi connectivity index (χ2v) is 20.1. The predicted molar refractivity (Wildman–Crippen MR) is 165 cm³/mol. The number of amides is 2. The minimum Gasteiger partial charge on any atom is -0.432 e. The summed E-state index contributed by atoms with van der Waals surface area (Å²) < 4.78 is 112. The smallest absolute Gasteiger partial charge is 0.430 e. The first-order valence-electron chi connectivity index (χ1n) is 15.0. The van der Waals surface area contributed by atoms with Crippen LogP contribution in [0.3, 0.4) is 0 Å². The standard InChI is InChI=1S/C31H38F6N2O7SSi/c1-27(2,48(4,5)45)13-6-16-47(43,44)22-11-12-23-19(17-22)18-39(26(41)28(46-3)14-15-28)24(23)25(40)38-21-9-7-20(8-10-21)29(42,30(32,33)34)31(35,36)37/h7-12,17,24,42,45H,6,13-16,18H2,1-5H3,(H,38,40). The number of nitrogens with zero attached hydrogens (tertiary/aromatic N) is 1. The van der Waals surface area contributed by atoms with Gasteiger partial charge in [0.05, 0.1) is 10.6 Å². The van der Waals surface area contributed by atoms with Crippen molar-refractivity contribution in [1.82, 2.24) is 4.90 Å². The molecule has 48 heavy (non-hydrogen) atoms. The fourth-order valence-corrected chi connectivity index (χ4v) is 7.74. The van der Waals surface area contributed by atoms with Crippen LogP contribution in [0.5, 0.6) is 0 Å². The molecule has 0 radical (unpaired) electrons. The summed E-state index contributed by atoms with van der Waals surface area (Å²) in [6.45, 7) is 7.19. The number of hydrogen-bond donors (Lipinski definition) is 3. The molecule has 2 amide bonds. The molecule has 1 saturated carbocycles. The third-order valence-electron chi connectivity index (χ3n) is 9.68. The number of anilines is 1. The molecule has 1 fully saturated rings. The maximum atomic E-state index is 13.6. The summed E-state index contributed by atoms with van der Waals surface area (Å²) >= 11 is 0. The van der Waals surface area contributed by atoms with Crippen LogP contribution in [0.2, 0.25) is 18.1 Å². The number of benzene rings is 2. The van der Waals surface area contributed by atoms with Crippen molar-refractivity contribution >= 4 is 35.7 Å². The lowest BCUT2D eigenvalue weighted by atomic mass is 9.92. The van der Waals surface area contributed by atoms with E-state index in [0.29, 0.717) is 37.0 Å². The Kier molecular flexibility index (Phi) is 9.77. The van der Waals surface area contributed by atoms with Gasteiger partial charge in [-0.3, -0.25) is 9.59 Å². The molecule has 266 valence electrons. The summed E-state index contributed by atoms with van der Waals surface area (Å²) in [4.78, 5) is 38.9. The third kappa shape index (κ3) is 6.88. The van der Waals surface area contributed by atoms with E-state index < -0.39 is 70.2 Å². The van der Waals surface area contributed by atoms with Crippen molar-refractivity contribution in [2.24, 2.45) is 0 Å². The van der Waals surface area contributed by atoms with Gasteiger partial charge in [-0.05, 0) is 79.2 Å².